The summed E-state index contributed by atoms with van der Waals surface area (Å²) < 4.78 is 0. The fraction of sp³-hybridized carbons (Fsp3) is 0.188. The summed E-state index contributed by atoms with van der Waals surface area (Å²) in [6.45, 7) is 2.02. The summed E-state index contributed by atoms with van der Waals surface area (Å²) >= 11 is 7.43. The van der Waals surface area contributed by atoms with Crippen LogP contribution in [0.5, 0.6) is 0 Å². The van der Waals surface area contributed by atoms with Crippen molar-refractivity contribution in [2.24, 2.45) is 0 Å². The van der Waals surface area contributed by atoms with E-state index < -0.39 is 0 Å². The topological polar surface area (TPSA) is 42.9 Å². The highest BCUT2D eigenvalue weighted by molar-refractivity contribution is 7.16. The van der Waals surface area contributed by atoms with Crippen LogP contribution in [0, 0.1) is 6.92 Å². The molecule has 0 spiro atoms. The summed E-state index contributed by atoms with van der Waals surface area (Å²) in [6.07, 6.45) is 2.26. The highest BCUT2D eigenvalue weighted by Gasteiger charge is 2.12. The molecule has 0 radical (unpaired) electrons. The second kappa shape index (κ2) is 5.92. The molecule has 3 nitrogen and oxygen atoms in total. The molecule has 0 N–H and O–H groups in total. The number of Topliss-reactive ketones (excluding diaryl/α,β-unsaturated/α-hetero) is 1. The molecule has 1 aromatic carbocycles. The first-order chi connectivity index (χ1) is 10.1. The molecular formula is C16H13ClN2OS. The minimum Gasteiger partial charge on any atom is -0.299 e. The fourth-order valence-corrected chi connectivity index (χ4v) is 3.34. The van der Waals surface area contributed by atoms with Gasteiger partial charge in [0.1, 0.15) is 16.9 Å². The maximum atomic E-state index is 12.3. The molecule has 0 aliphatic rings. The Balaban J connectivity index is 1.80. The quantitative estimate of drug-likeness (QED) is 0.730. The van der Waals surface area contributed by atoms with Gasteiger partial charge in [-0.3, -0.25) is 4.79 Å². The summed E-state index contributed by atoms with van der Waals surface area (Å²) in [5.74, 6) is 0.142. The third-order valence-electron chi connectivity index (χ3n) is 3.31. The van der Waals surface area contributed by atoms with Crippen molar-refractivity contribution in [2.75, 3.05) is 0 Å². The van der Waals surface area contributed by atoms with E-state index in [2.05, 4.69) is 9.97 Å². The van der Waals surface area contributed by atoms with Gasteiger partial charge in [-0.1, -0.05) is 23.7 Å². The standard InChI is InChI=1S/C16H13ClN2OS/c1-10-8-21-16-15(10)14(18-9-19-16)7-13(20)6-11-2-4-12(17)5-3-11/h2-5,8-9H,6-7H2,1H3. The Hall–Kier alpha value is -1.78. The maximum absolute atomic E-state index is 12.3. The van der Waals surface area contributed by atoms with Crippen LogP contribution in [0.15, 0.2) is 36.0 Å². The second-order valence-electron chi connectivity index (χ2n) is 4.94. The van der Waals surface area contributed by atoms with E-state index in [1.54, 1.807) is 23.5 Å². The number of rotatable bonds is 4. The zero-order valence-corrected chi connectivity index (χ0v) is 13.0. The Bertz CT molecular complexity index is 796. The van der Waals surface area contributed by atoms with Gasteiger partial charge in [-0.25, -0.2) is 9.97 Å². The average Bonchev–Trinajstić information content (AvgIpc) is 2.84. The van der Waals surface area contributed by atoms with Crippen LogP contribution < -0.4 is 0 Å². The van der Waals surface area contributed by atoms with Gasteiger partial charge in [-0.05, 0) is 35.6 Å². The highest BCUT2D eigenvalue weighted by Crippen LogP contribution is 2.25. The van der Waals surface area contributed by atoms with Gasteiger partial charge in [-0.15, -0.1) is 11.3 Å². The van der Waals surface area contributed by atoms with Crippen molar-refractivity contribution < 1.29 is 4.79 Å². The second-order valence-corrected chi connectivity index (χ2v) is 6.23. The van der Waals surface area contributed by atoms with E-state index in [0.717, 1.165) is 27.0 Å². The fourth-order valence-electron chi connectivity index (χ4n) is 2.31. The number of carbonyl (C=O) groups is 1. The van der Waals surface area contributed by atoms with Crippen LogP contribution >= 0.6 is 22.9 Å². The summed E-state index contributed by atoms with van der Waals surface area (Å²) in [7, 11) is 0. The molecule has 0 unspecified atom stereocenters. The first kappa shape index (κ1) is 14.2. The molecule has 0 bridgehead atoms. The number of aryl methyl sites for hydroxylation is 1. The Labute approximate surface area is 131 Å². The lowest BCUT2D eigenvalue weighted by Crippen LogP contribution is -2.08. The van der Waals surface area contributed by atoms with Crippen molar-refractivity contribution in [3.05, 3.63) is 57.8 Å². The molecule has 3 rings (SSSR count). The Morgan fingerprint density at radius 3 is 2.71 bits per heavy atom. The molecule has 0 saturated carbocycles. The molecule has 0 amide bonds. The zero-order chi connectivity index (χ0) is 14.8. The molecule has 0 aliphatic heterocycles. The van der Waals surface area contributed by atoms with Crippen molar-refractivity contribution in [2.45, 2.75) is 19.8 Å². The van der Waals surface area contributed by atoms with Crippen molar-refractivity contribution in [3.8, 4) is 0 Å². The normalized spacial score (nSPS) is 11.0. The van der Waals surface area contributed by atoms with Crippen LogP contribution in [0.3, 0.4) is 0 Å². The van der Waals surface area contributed by atoms with Crippen LogP contribution in [-0.4, -0.2) is 15.8 Å². The molecule has 106 valence electrons. The molecule has 0 fully saturated rings. The predicted molar refractivity (Wildman–Crippen MR) is 86.0 cm³/mol. The lowest BCUT2D eigenvalue weighted by Gasteiger charge is -2.04. The third-order valence-corrected chi connectivity index (χ3v) is 4.57. The van der Waals surface area contributed by atoms with Crippen molar-refractivity contribution in [1.29, 1.82) is 0 Å². The number of carbonyl (C=O) groups excluding carboxylic acids is 1. The van der Waals surface area contributed by atoms with E-state index in [4.69, 9.17) is 11.6 Å². The smallest absolute Gasteiger partial charge is 0.143 e. The molecule has 2 heterocycles. The molecule has 21 heavy (non-hydrogen) atoms. The van der Waals surface area contributed by atoms with E-state index in [-0.39, 0.29) is 5.78 Å². The van der Waals surface area contributed by atoms with Gasteiger partial charge in [0.2, 0.25) is 0 Å². The van der Waals surface area contributed by atoms with Crippen LogP contribution in [-0.2, 0) is 17.6 Å². The van der Waals surface area contributed by atoms with Crippen LogP contribution in [0.1, 0.15) is 16.8 Å². The van der Waals surface area contributed by atoms with Gasteiger partial charge in [0, 0.05) is 23.3 Å². The number of benzene rings is 1. The largest absolute Gasteiger partial charge is 0.299 e. The first-order valence-electron chi connectivity index (χ1n) is 6.57. The van der Waals surface area contributed by atoms with Gasteiger partial charge >= 0.3 is 0 Å². The minimum absolute atomic E-state index is 0.142. The van der Waals surface area contributed by atoms with Gasteiger partial charge in [0.05, 0.1) is 5.69 Å². The maximum Gasteiger partial charge on any atom is 0.143 e. The van der Waals surface area contributed by atoms with Crippen molar-refractivity contribution >= 4 is 38.9 Å². The van der Waals surface area contributed by atoms with Crippen LogP contribution in [0.2, 0.25) is 5.02 Å². The van der Waals surface area contributed by atoms with E-state index >= 15 is 0 Å². The Kier molecular flexibility index (Phi) is 3.99. The molecule has 0 aliphatic carbocycles. The zero-order valence-electron chi connectivity index (χ0n) is 11.5. The average molecular weight is 317 g/mol. The van der Waals surface area contributed by atoms with E-state index in [9.17, 15) is 4.79 Å². The number of ketones is 1. The van der Waals surface area contributed by atoms with Gasteiger partial charge in [-0.2, -0.15) is 0 Å². The molecule has 2 aromatic heterocycles. The summed E-state index contributed by atoms with van der Waals surface area (Å²) in [6, 6.07) is 7.36. The van der Waals surface area contributed by atoms with Gasteiger partial charge < -0.3 is 0 Å². The number of hydrogen-bond donors (Lipinski definition) is 0. The minimum atomic E-state index is 0.142. The van der Waals surface area contributed by atoms with Crippen LogP contribution in [0.25, 0.3) is 10.2 Å². The monoisotopic (exact) mass is 316 g/mol. The van der Waals surface area contributed by atoms with E-state index in [0.29, 0.717) is 17.9 Å². The van der Waals surface area contributed by atoms with Gasteiger partial charge in [0.15, 0.2) is 0 Å². The lowest BCUT2D eigenvalue weighted by molar-refractivity contribution is -0.117. The van der Waals surface area contributed by atoms with Crippen molar-refractivity contribution in [1.82, 2.24) is 9.97 Å². The molecule has 0 saturated heterocycles. The molecular weight excluding hydrogens is 304 g/mol. The number of fused-ring (bicyclic) bond motifs is 1. The summed E-state index contributed by atoms with van der Waals surface area (Å²) in [5.41, 5.74) is 2.92. The Morgan fingerprint density at radius 1 is 1.19 bits per heavy atom. The SMILES string of the molecule is Cc1csc2ncnc(CC(=O)Cc3ccc(Cl)cc3)c12. The number of halogens is 1. The molecule has 5 heteroatoms. The third kappa shape index (κ3) is 3.12. The summed E-state index contributed by atoms with van der Waals surface area (Å²) in [4.78, 5) is 21.7. The number of aromatic nitrogens is 2. The molecule has 3 aromatic rings. The number of hydrogen-bond acceptors (Lipinski definition) is 4. The van der Waals surface area contributed by atoms with Crippen LogP contribution in [0.4, 0.5) is 0 Å². The number of nitrogens with zero attached hydrogens (tertiary/aromatic N) is 2. The highest BCUT2D eigenvalue weighted by atomic mass is 35.5. The lowest BCUT2D eigenvalue weighted by atomic mass is 10.0. The Morgan fingerprint density at radius 2 is 1.95 bits per heavy atom. The predicted octanol–water partition coefficient (Wildman–Crippen LogP) is 4.01. The van der Waals surface area contributed by atoms with E-state index in [1.165, 1.54) is 6.33 Å². The van der Waals surface area contributed by atoms with Crippen molar-refractivity contribution in [3.63, 3.8) is 0 Å². The first-order valence-corrected chi connectivity index (χ1v) is 7.83. The van der Waals surface area contributed by atoms with E-state index in [1.807, 2.05) is 24.4 Å². The summed E-state index contributed by atoms with van der Waals surface area (Å²) in [5, 5.41) is 3.75. The molecule has 0 atom stereocenters. The number of thiophene rings is 1. The van der Waals surface area contributed by atoms with Gasteiger partial charge in [0.25, 0.3) is 0 Å².